The van der Waals surface area contributed by atoms with Crippen molar-refractivity contribution < 1.29 is 9.90 Å². The number of carbonyl (C=O) groups is 1. The van der Waals surface area contributed by atoms with E-state index in [0.717, 1.165) is 17.8 Å². The summed E-state index contributed by atoms with van der Waals surface area (Å²) in [7, 11) is 0. The number of carboxylic acid groups (broad SMARTS) is 1. The number of nitrogens with zero attached hydrogens (tertiary/aromatic N) is 2. The van der Waals surface area contributed by atoms with Gasteiger partial charge in [-0.05, 0) is 17.9 Å². The molecule has 1 aromatic heterocycles. The number of hydrogen-bond donors (Lipinski definition) is 1. The monoisotopic (exact) mass is 208 g/mol. The van der Waals surface area contributed by atoms with E-state index < -0.39 is 5.97 Å². The van der Waals surface area contributed by atoms with E-state index in [-0.39, 0.29) is 6.42 Å². The molecule has 4 heteroatoms. The van der Waals surface area contributed by atoms with Crippen LogP contribution in [0.25, 0.3) is 0 Å². The Balaban J connectivity index is 2.52. The predicted octanol–water partition coefficient (Wildman–Crippen LogP) is 1.69. The molecular weight excluding hydrogens is 192 g/mol. The molecule has 0 radical (unpaired) electrons. The predicted molar refractivity (Wildman–Crippen MR) is 56.5 cm³/mol. The van der Waals surface area contributed by atoms with Gasteiger partial charge in [0.05, 0.1) is 0 Å². The molecule has 1 rings (SSSR count). The summed E-state index contributed by atoms with van der Waals surface area (Å²) in [6.45, 7) is 4.23. The first kappa shape index (κ1) is 11.6. The molecule has 82 valence electrons. The molecule has 0 bridgehead atoms. The van der Waals surface area contributed by atoms with Gasteiger partial charge in [0, 0.05) is 25.2 Å². The minimum atomic E-state index is -0.791. The first-order chi connectivity index (χ1) is 7.08. The van der Waals surface area contributed by atoms with Crippen molar-refractivity contribution in [1.82, 2.24) is 9.97 Å². The first-order valence-electron chi connectivity index (χ1n) is 5.09. The fraction of sp³-hybridized carbons (Fsp3) is 0.545. The fourth-order valence-electron chi connectivity index (χ4n) is 1.23. The van der Waals surface area contributed by atoms with E-state index in [2.05, 4.69) is 23.8 Å². The number of carboxylic acids is 1. The Hall–Kier alpha value is -1.45. The molecule has 0 saturated carbocycles. The van der Waals surface area contributed by atoms with Gasteiger partial charge in [-0.25, -0.2) is 9.97 Å². The highest BCUT2D eigenvalue weighted by Gasteiger charge is 2.02. The highest BCUT2D eigenvalue weighted by atomic mass is 16.4. The highest BCUT2D eigenvalue weighted by Crippen LogP contribution is 2.04. The van der Waals surface area contributed by atoms with Crippen LogP contribution < -0.4 is 0 Å². The summed E-state index contributed by atoms with van der Waals surface area (Å²) in [4.78, 5) is 18.7. The van der Waals surface area contributed by atoms with Crippen LogP contribution in [0.1, 0.15) is 31.7 Å². The van der Waals surface area contributed by atoms with Crippen LogP contribution >= 0.6 is 0 Å². The second kappa shape index (κ2) is 5.44. The smallest absolute Gasteiger partial charge is 0.303 e. The fourth-order valence-corrected chi connectivity index (χ4v) is 1.23. The van der Waals surface area contributed by atoms with Crippen molar-refractivity contribution in [3.05, 3.63) is 23.8 Å². The molecule has 0 fully saturated rings. The van der Waals surface area contributed by atoms with Gasteiger partial charge in [-0.15, -0.1) is 0 Å². The summed E-state index contributed by atoms with van der Waals surface area (Å²) in [5.74, 6) is 0.570. The molecule has 1 N–H and O–H groups in total. The number of rotatable bonds is 5. The first-order valence-corrected chi connectivity index (χ1v) is 5.09. The SMILES string of the molecule is CC(C)Cc1ncc(CCC(=O)O)cn1. The van der Waals surface area contributed by atoms with Gasteiger partial charge >= 0.3 is 5.97 Å². The largest absolute Gasteiger partial charge is 0.481 e. The van der Waals surface area contributed by atoms with Gasteiger partial charge in [-0.3, -0.25) is 4.79 Å². The van der Waals surface area contributed by atoms with Crippen molar-refractivity contribution in [2.24, 2.45) is 5.92 Å². The Morgan fingerprint density at radius 2 is 2.00 bits per heavy atom. The minimum absolute atomic E-state index is 0.132. The highest BCUT2D eigenvalue weighted by molar-refractivity contribution is 5.67. The standard InChI is InChI=1S/C11H16N2O2/c1-8(2)5-10-12-6-9(7-13-10)3-4-11(14)15/h6-8H,3-5H2,1-2H3,(H,14,15). The number of aromatic nitrogens is 2. The lowest BCUT2D eigenvalue weighted by Gasteiger charge is -2.03. The molecule has 0 aliphatic carbocycles. The zero-order chi connectivity index (χ0) is 11.3. The quantitative estimate of drug-likeness (QED) is 0.799. The summed E-state index contributed by atoms with van der Waals surface area (Å²) in [5, 5.41) is 8.51. The van der Waals surface area contributed by atoms with Crippen LogP contribution in [0.2, 0.25) is 0 Å². The van der Waals surface area contributed by atoms with E-state index in [1.165, 1.54) is 0 Å². The van der Waals surface area contributed by atoms with Crippen molar-refractivity contribution in [2.45, 2.75) is 33.1 Å². The van der Waals surface area contributed by atoms with Gasteiger partial charge in [0.25, 0.3) is 0 Å². The Labute approximate surface area is 89.4 Å². The Morgan fingerprint density at radius 3 is 2.47 bits per heavy atom. The third kappa shape index (κ3) is 4.54. The van der Waals surface area contributed by atoms with Crippen LogP contribution in [-0.2, 0) is 17.6 Å². The molecule has 0 atom stereocenters. The Bertz CT molecular complexity index is 320. The number of aliphatic carboxylic acids is 1. The second-order valence-electron chi connectivity index (χ2n) is 4.00. The van der Waals surface area contributed by atoms with Gasteiger partial charge in [-0.2, -0.15) is 0 Å². The molecule has 0 amide bonds. The van der Waals surface area contributed by atoms with Crippen LogP contribution in [0.5, 0.6) is 0 Å². The van der Waals surface area contributed by atoms with Gasteiger partial charge in [0.1, 0.15) is 5.82 Å². The third-order valence-corrected chi connectivity index (χ3v) is 1.98. The maximum absolute atomic E-state index is 10.3. The molecular formula is C11H16N2O2. The van der Waals surface area contributed by atoms with Crippen LogP contribution in [0.15, 0.2) is 12.4 Å². The molecule has 1 aromatic rings. The molecule has 4 nitrogen and oxygen atoms in total. The summed E-state index contributed by atoms with van der Waals surface area (Å²) >= 11 is 0. The summed E-state index contributed by atoms with van der Waals surface area (Å²) in [5.41, 5.74) is 0.880. The normalized spacial score (nSPS) is 10.6. The van der Waals surface area contributed by atoms with Crippen LogP contribution in [-0.4, -0.2) is 21.0 Å². The van der Waals surface area contributed by atoms with E-state index in [1.54, 1.807) is 12.4 Å². The van der Waals surface area contributed by atoms with E-state index >= 15 is 0 Å². The van der Waals surface area contributed by atoms with E-state index in [9.17, 15) is 4.79 Å². The molecule has 0 saturated heterocycles. The maximum Gasteiger partial charge on any atom is 0.303 e. The Morgan fingerprint density at radius 1 is 1.40 bits per heavy atom. The van der Waals surface area contributed by atoms with Crippen molar-refractivity contribution in [2.75, 3.05) is 0 Å². The third-order valence-electron chi connectivity index (χ3n) is 1.98. The Kier molecular flexibility index (Phi) is 4.21. The number of hydrogen-bond acceptors (Lipinski definition) is 3. The van der Waals surface area contributed by atoms with Gasteiger partial charge in [0.2, 0.25) is 0 Å². The van der Waals surface area contributed by atoms with Gasteiger partial charge < -0.3 is 5.11 Å². The molecule has 0 aliphatic heterocycles. The van der Waals surface area contributed by atoms with Crippen LogP contribution in [0.3, 0.4) is 0 Å². The van der Waals surface area contributed by atoms with E-state index in [1.807, 2.05) is 0 Å². The lowest BCUT2D eigenvalue weighted by atomic mass is 10.1. The molecule has 0 aliphatic rings. The van der Waals surface area contributed by atoms with Gasteiger partial charge in [-0.1, -0.05) is 13.8 Å². The molecule has 0 spiro atoms. The van der Waals surface area contributed by atoms with Crippen molar-refractivity contribution in [1.29, 1.82) is 0 Å². The molecule has 0 aromatic carbocycles. The topological polar surface area (TPSA) is 63.1 Å². The van der Waals surface area contributed by atoms with E-state index in [0.29, 0.717) is 12.3 Å². The van der Waals surface area contributed by atoms with E-state index in [4.69, 9.17) is 5.11 Å². The molecule has 15 heavy (non-hydrogen) atoms. The average Bonchev–Trinajstić information content (AvgIpc) is 2.16. The second-order valence-corrected chi connectivity index (χ2v) is 4.00. The van der Waals surface area contributed by atoms with Crippen molar-refractivity contribution in [3.63, 3.8) is 0 Å². The van der Waals surface area contributed by atoms with Crippen molar-refractivity contribution in [3.8, 4) is 0 Å². The van der Waals surface area contributed by atoms with Crippen LogP contribution in [0.4, 0.5) is 0 Å². The average molecular weight is 208 g/mol. The molecule has 0 unspecified atom stereocenters. The summed E-state index contributed by atoms with van der Waals surface area (Å²) < 4.78 is 0. The summed E-state index contributed by atoms with van der Waals surface area (Å²) in [6.07, 6.45) is 4.92. The zero-order valence-corrected chi connectivity index (χ0v) is 9.10. The minimum Gasteiger partial charge on any atom is -0.481 e. The lowest BCUT2D eigenvalue weighted by molar-refractivity contribution is -0.136. The van der Waals surface area contributed by atoms with Gasteiger partial charge in [0.15, 0.2) is 0 Å². The van der Waals surface area contributed by atoms with Crippen LogP contribution in [0, 0.1) is 5.92 Å². The summed E-state index contributed by atoms with van der Waals surface area (Å²) in [6, 6.07) is 0. The number of aryl methyl sites for hydroxylation is 1. The van der Waals surface area contributed by atoms with Crippen molar-refractivity contribution >= 4 is 5.97 Å². The lowest BCUT2D eigenvalue weighted by Crippen LogP contribution is -2.03. The molecule has 1 heterocycles. The zero-order valence-electron chi connectivity index (χ0n) is 9.10. The maximum atomic E-state index is 10.3.